The SMILES string of the molecule is Cc1cccc(OC[C@H](O)CN2CCC(O)(c3cnc4ccccc4n3)CC2)c1C. The molecule has 1 fully saturated rings. The van der Waals surface area contributed by atoms with Crippen molar-refractivity contribution in [1.29, 1.82) is 0 Å². The number of hydrogen-bond acceptors (Lipinski definition) is 6. The maximum absolute atomic E-state index is 11.1. The molecule has 1 atom stereocenters. The number of benzene rings is 2. The first kappa shape index (κ1) is 20.7. The number of piperidine rings is 1. The zero-order chi connectivity index (χ0) is 21.1. The van der Waals surface area contributed by atoms with E-state index >= 15 is 0 Å². The standard InChI is InChI=1S/C24H29N3O3/c1-17-6-5-9-22(18(17)2)30-16-19(28)15-27-12-10-24(29,11-13-27)23-14-25-20-7-3-4-8-21(20)26-23/h3-9,14,19,28-29H,10-13,15-16H2,1-2H3/t19-/m1/s1. The maximum atomic E-state index is 11.1. The maximum Gasteiger partial charge on any atom is 0.122 e. The highest BCUT2D eigenvalue weighted by Crippen LogP contribution is 2.32. The minimum absolute atomic E-state index is 0.251. The summed E-state index contributed by atoms with van der Waals surface area (Å²) in [7, 11) is 0. The average Bonchev–Trinajstić information content (AvgIpc) is 2.76. The molecule has 6 heteroatoms. The number of likely N-dealkylation sites (tertiary alicyclic amines) is 1. The summed E-state index contributed by atoms with van der Waals surface area (Å²) in [5, 5.41) is 21.6. The molecule has 4 rings (SSSR count). The van der Waals surface area contributed by atoms with E-state index in [-0.39, 0.29) is 6.61 Å². The Hall–Kier alpha value is -2.54. The smallest absolute Gasteiger partial charge is 0.122 e. The van der Waals surface area contributed by atoms with Crippen LogP contribution in [0.3, 0.4) is 0 Å². The fourth-order valence-corrected chi connectivity index (χ4v) is 3.96. The molecule has 0 spiro atoms. The summed E-state index contributed by atoms with van der Waals surface area (Å²) < 4.78 is 5.83. The van der Waals surface area contributed by atoms with Crippen LogP contribution in [0.2, 0.25) is 0 Å². The van der Waals surface area contributed by atoms with Crippen LogP contribution in [-0.2, 0) is 5.60 Å². The highest BCUT2D eigenvalue weighted by atomic mass is 16.5. The Labute approximate surface area is 177 Å². The third-order valence-electron chi connectivity index (χ3n) is 6.06. The lowest BCUT2D eigenvalue weighted by Crippen LogP contribution is -2.46. The summed E-state index contributed by atoms with van der Waals surface area (Å²) in [4.78, 5) is 11.2. The molecule has 2 aromatic carbocycles. The third kappa shape index (κ3) is 4.46. The minimum Gasteiger partial charge on any atom is -0.491 e. The van der Waals surface area contributed by atoms with Gasteiger partial charge < -0.3 is 19.8 Å². The number of fused-ring (bicyclic) bond motifs is 1. The van der Waals surface area contributed by atoms with Gasteiger partial charge in [-0.3, -0.25) is 4.98 Å². The summed E-state index contributed by atoms with van der Waals surface area (Å²) in [5.74, 6) is 0.817. The number of hydrogen-bond donors (Lipinski definition) is 2. The second-order valence-electron chi connectivity index (χ2n) is 8.24. The molecule has 0 bridgehead atoms. The molecule has 2 heterocycles. The van der Waals surface area contributed by atoms with Crippen molar-refractivity contribution < 1.29 is 14.9 Å². The Bertz CT molecular complexity index is 1020. The summed E-state index contributed by atoms with van der Waals surface area (Å²) in [6, 6.07) is 13.6. The van der Waals surface area contributed by atoms with Crippen molar-refractivity contribution >= 4 is 11.0 Å². The molecule has 6 nitrogen and oxygen atoms in total. The molecule has 1 aliphatic heterocycles. The second-order valence-corrected chi connectivity index (χ2v) is 8.24. The van der Waals surface area contributed by atoms with E-state index in [0.717, 1.165) is 22.3 Å². The number of aliphatic hydroxyl groups is 2. The van der Waals surface area contributed by atoms with Crippen LogP contribution in [0.1, 0.15) is 29.7 Å². The van der Waals surface area contributed by atoms with Crippen molar-refractivity contribution in [3.8, 4) is 5.75 Å². The van der Waals surface area contributed by atoms with Gasteiger partial charge in [-0.25, -0.2) is 4.98 Å². The lowest BCUT2D eigenvalue weighted by Gasteiger charge is -2.38. The molecular weight excluding hydrogens is 378 g/mol. The van der Waals surface area contributed by atoms with Crippen LogP contribution < -0.4 is 4.74 Å². The number of ether oxygens (including phenoxy) is 1. The number of nitrogens with zero attached hydrogens (tertiary/aromatic N) is 3. The van der Waals surface area contributed by atoms with Gasteiger partial charge in [0.1, 0.15) is 24.1 Å². The van der Waals surface area contributed by atoms with E-state index in [1.54, 1.807) is 6.20 Å². The zero-order valence-corrected chi connectivity index (χ0v) is 17.6. The molecule has 0 saturated carbocycles. The van der Waals surface area contributed by atoms with Crippen LogP contribution in [0, 0.1) is 13.8 Å². The number of aromatic nitrogens is 2. The number of aryl methyl sites for hydroxylation is 1. The molecule has 1 aliphatic rings. The van der Waals surface area contributed by atoms with Crippen LogP contribution in [0.15, 0.2) is 48.7 Å². The molecule has 1 saturated heterocycles. The fourth-order valence-electron chi connectivity index (χ4n) is 3.96. The predicted molar refractivity (Wildman–Crippen MR) is 117 cm³/mol. The van der Waals surface area contributed by atoms with Crippen molar-refractivity contribution in [3.63, 3.8) is 0 Å². The van der Waals surface area contributed by atoms with Gasteiger partial charge in [0.2, 0.25) is 0 Å². The van der Waals surface area contributed by atoms with Crippen LogP contribution in [0.25, 0.3) is 11.0 Å². The van der Waals surface area contributed by atoms with Crippen LogP contribution in [-0.4, -0.2) is 57.4 Å². The second kappa shape index (κ2) is 8.68. The number of para-hydroxylation sites is 2. The first-order valence-corrected chi connectivity index (χ1v) is 10.5. The Balaban J connectivity index is 1.31. The molecule has 3 aromatic rings. The molecule has 30 heavy (non-hydrogen) atoms. The van der Waals surface area contributed by atoms with E-state index in [4.69, 9.17) is 4.74 Å². The van der Waals surface area contributed by atoms with Gasteiger partial charge in [-0.2, -0.15) is 0 Å². The summed E-state index contributed by atoms with van der Waals surface area (Å²) in [6.45, 7) is 6.22. The zero-order valence-electron chi connectivity index (χ0n) is 17.6. The van der Waals surface area contributed by atoms with Gasteiger partial charge in [0.25, 0.3) is 0 Å². The van der Waals surface area contributed by atoms with E-state index < -0.39 is 11.7 Å². The molecule has 0 amide bonds. The van der Waals surface area contributed by atoms with Gasteiger partial charge >= 0.3 is 0 Å². The predicted octanol–water partition coefficient (Wildman–Crippen LogP) is 2.97. The Morgan fingerprint density at radius 2 is 1.80 bits per heavy atom. The fraction of sp³-hybridized carbons (Fsp3) is 0.417. The van der Waals surface area contributed by atoms with Gasteiger partial charge in [0.05, 0.1) is 22.9 Å². The normalized spacial score (nSPS) is 17.7. The number of β-amino-alcohol motifs (C(OH)–C–C–N with tert-alkyl or cyclic N) is 1. The Kier molecular flexibility index (Phi) is 5.99. The van der Waals surface area contributed by atoms with Crippen molar-refractivity contribution in [1.82, 2.24) is 14.9 Å². The first-order valence-electron chi connectivity index (χ1n) is 10.5. The van der Waals surface area contributed by atoms with Crippen molar-refractivity contribution in [2.24, 2.45) is 0 Å². The number of rotatable bonds is 6. The van der Waals surface area contributed by atoms with E-state index in [1.165, 1.54) is 5.56 Å². The quantitative estimate of drug-likeness (QED) is 0.654. The van der Waals surface area contributed by atoms with Crippen LogP contribution in [0.5, 0.6) is 5.75 Å². The monoisotopic (exact) mass is 407 g/mol. The Morgan fingerprint density at radius 3 is 2.57 bits per heavy atom. The molecule has 0 radical (unpaired) electrons. The Morgan fingerprint density at radius 1 is 1.07 bits per heavy atom. The van der Waals surface area contributed by atoms with Crippen LogP contribution >= 0.6 is 0 Å². The van der Waals surface area contributed by atoms with Crippen LogP contribution in [0.4, 0.5) is 0 Å². The van der Waals surface area contributed by atoms with Gasteiger partial charge in [0.15, 0.2) is 0 Å². The molecular formula is C24H29N3O3. The van der Waals surface area contributed by atoms with Crippen molar-refractivity contribution in [3.05, 3.63) is 65.5 Å². The van der Waals surface area contributed by atoms with E-state index in [0.29, 0.717) is 38.2 Å². The van der Waals surface area contributed by atoms with E-state index in [9.17, 15) is 10.2 Å². The highest BCUT2D eigenvalue weighted by Gasteiger charge is 2.36. The van der Waals surface area contributed by atoms with Gasteiger partial charge in [-0.15, -0.1) is 0 Å². The van der Waals surface area contributed by atoms with E-state index in [2.05, 4.69) is 14.9 Å². The highest BCUT2D eigenvalue weighted by molar-refractivity contribution is 5.73. The lowest BCUT2D eigenvalue weighted by atomic mass is 9.88. The summed E-state index contributed by atoms with van der Waals surface area (Å²) >= 11 is 0. The van der Waals surface area contributed by atoms with Gasteiger partial charge in [-0.05, 0) is 56.0 Å². The number of aliphatic hydroxyl groups excluding tert-OH is 1. The summed E-state index contributed by atoms with van der Waals surface area (Å²) in [5.41, 5.74) is 3.55. The van der Waals surface area contributed by atoms with Crippen molar-refractivity contribution in [2.45, 2.75) is 38.4 Å². The van der Waals surface area contributed by atoms with Gasteiger partial charge in [0, 0.05) is 19.6 Å². The molecule has 0 aliphatic carbocycles. The third-order valence-corrected chi connectivity index (χ3v) is 6.06. The first-order chi connectivity index (χ1) is 14.4. The molecule has 2 N–H and O–H groups in total. The van der Waals surface area contributed by atoms with Gasteiger partial charge in [-0.1, -0.05) is 24.3 Å². The summed E-state index contributed by atoms with van der Waals surface area (Å²) in [6.07, 6.45) is 2.22. The minimum atomic E-state index is -0.979. The van der Waals surface area contributed by atoms with Crippen molar-refractivity contribution in [2.75, 3.05) is 26.2 Å². The topological polar surface area (TPSA) is 78.7 Å². The van der Waals surface area contributed by atoms with E-state index in [1.807, 2.05) is 56.3 Å². The average molecular weight is 408 g/mol. The molecule has 1 aromatic heterocycles. The lowest BCUT2D eigenvalue weighted by molar-refractivity contribution is -0.0401. The largest absolute Gasteiger partial charge is 0.491 e. The molecule has 0 unspecified atom stereocenters. The molecule has 158 valence electrons.